The molecule has 0 aliphatic carbocycles. The third kappa shape index (κ3) is 5.78. The van der Waals surface area contributed by atoms with Crippen molar-refractivity contribution < 1.29 is 18.3 Å². The molecule has 3 N–H and O–H groups in total. The van der Waals surface area contributed by atoms with E-state index in [-0.39, 0.29) is 6.61 Å². The average Bonchev–Trinajstić information content (AvgIpc) is 3.00. The van der Waals surface area contributed by atoms with Gasteiger partial charge < -0.3 is 14.8 Å². The first-order chi connectivity index (χ1) is 13.2. The van der Waals surface area contributed by atoms with Gasteiger partial charge in [0.2, 0.25) is 10.0 Å². The topological polar surface area (TPSA) is 104 Å². The predicted octanol–water partition coefficient (Wildman–Crippen LogP) is 3.43. The normalized spacial score (nSPS) is 12.9. The summed E-state index contributed by atoms with van der Waals surface area (Å²) >= 11 is 7.51. The number of fused-ring (bicyclic) bond motifs is 1. The van der Waals surface area contributed by atoms with Crippen LogP contribution in [0.4, 0.5) is 5.69 Å². The Balaban J connectivity index is 1.50. The molecular weight excluding hydrogens is 422 g/mol. The number of sulfonamides is 1. The molecule has 0 saturated heterocycles. The highest BCUT2D eigenvalue weighted by Crippen LogP contribution is 2.25. The van der Waals surface area contributed by atoms with E-state index in [4.69, 9.17) is 16.3 Å². The number of halogens is 1. The molecular formula is C18H20ClN3O4S2. The molecule has 150 valence electrons. The fourth-order valence-corrected chi connectivity index (χ4v) is 3.95. The minimum atomic E-state index is -3.31. The van der Waals surface area contributed by atoms with E-state index < -0.39 is 16.1 Å². The first kappa shape index (κ1) is 20.8. The van der Waals surface area contributed by atoms with Gasteiger partial charge >= 0.3 is 0 Å². The van der Waals surface area contributed by atoms with E-state index in [1.807, 2.05) is 19.1 Å². The third-order valence-corrected chi connectivity index (χ3v) is 5.78. The first-order valence-corrected chi connectivity index (χ1v) is 11.6. The molecule has 1 unspecified atom stereocenters. The number of anilines is 1. The highest BCUT2D eigenvalue weighted by molar-refractivity contribution is 7.99. The van der Waals surface area contributed by atoms with E-state index in [1.165, 1.54) is 11.8 Å². The van der Waals surface area contributed by atoms with Crippen molar-refractivity contribution in [1.29, 1.82) is 0 Å². The molecule has 0 saturated carbocycles. The molecule has 7 nitrogen and oxygen atoms in total. The van der Waals surface area contributed by atoms with Crippen LogP contribution in [0.2, 0.25) is 5.02 Å². The zero-order valence-corrected chi connectivity index (χ0v) is 17.7. The number of H-pyrrole nitrogens is 1. The number of hydrogen-bond donors (Lipinski definition) is 3. The minimum Gasteiger partial charge on any atom is -0.491 e. The average molecular weight is 442 g/mol. The number of aliphatic hydroxyl groups is 1. The van der Waals surface area contributed by atoms with Crippen molar-refractivity contribution in [3.05, 3.63) is 47.0 Å². The summed E-state index contributed by atoms with van der Waals surface area (Å²) in [6.45, 7) is 2.04. The molecule has 3 aromatic rings. The van der Waals surface area contributed by atoms with Crippen LogP contribution in [0.1, 0.15) is 5.56 Å². The standard InChI is InChI=1S/C18H20ClN3O4S2/c1-11-7-16-17(8-15(11)19)21-18(20-16)27-10-13(23)9-26-14-5-3-12(4-6-14)22-28(2,24)25/h3-8,13,22-23H,9-10H2,1-2H3,(H,20,21). The number of rotatable bonds is 8. The largest absolute Gasteiger partial charge is 0.491 e. The number of thioether (sulfide) groups is 1. The van der Waals surface area contributed by atoms with Crippen molar-refractivity contribution in [2.75, 3.05) is 23.3 Å². The zero-order chi connectivity index (χ0) is 20.3. The molecule has 1 aromatic heterocycles. The molecule has 0 aliphatic rings. The van der Waals surface area contributed by atoms with Gasteiger partial charge in [-0.3, -0.25) is 4.72 Å². The summed E-state index contributed by atoms with van der Waals surface area (Å²) in [5.41, 5.74) is 3.11. The first-order valence-electron chi connectivity index (χ1n) is 8.37. The lowest BCUT2D eigenvalue weighted by molar-refractivity contribution is 0.126. The molecule has 0 bridgehead atoms. The fraction of sp³-hybridized carbons (Fsp3) is 0.278. The van der Waals surface area contributed by atoms with Gasteiger partial charge in [0.25, 0.3) is 0 Å². The number of aromatic amines is 1. The number of nitrogens with zero attached hydrogens (tertiary/aromatic N) is 1. The van der Waals surface area contributed by atoms with Crippen molar-refractivity contribution >= 4 is 50.1 Å². The van der Waals surface area contributed by atoms with Gasteiger partial charge in [-0.2, -0.15) is 0 Å². The van der Waals surface area contributed by atoms with E-state index in [0.717, 1.165) is 22.9 Å². The second-order valence-corrected chi connectivity index (χ2v) is 9.50. The summed E-state index contributed by atoms with van der Waals surface area (Å²) in [5.74, 6) is 0.942. The zero-order valence-electron chi connectivity index (χ0n) is 15.3. The van der Waals surface area contributed by atoms with Gasteiger partial charge in [-0.25, -0.2) is 13.4 Å². The highest BCUT2D eigenvalue weighted by Gasteiger charge is 2.11. The summed E-state index contributed by atoms with van der Waals surface area (Å²) < 4.78 is 30.3. The number of aliphatic hydroxyl groups excluding tert-OH is 1. The Kier molecular flexibility index (Phi) is 6.39. The van der Waals surface area contributed by atoms with E-state index in [0.29, 0.717) is 27.4 Å². The Labute approximate surface area is 172 Å². The molecule has 0 fully saturated rings. The van der Waals surface area contributed by atoms with Crippen LogP contribution in [0.15, 0.2) is 41.6 Å². The van der Waals surface area contributed by atoms with Crippen LogP contribution in [0, 0.1) is 6.92 Å². The second kappa shape index (κ2) is 8.60. The predicted molar refractivity (Wildman–Crippen MR) is 113 cm³/mol. The molecule has 3 rings (SSSR count). The maximum Gasteiger partial charge on any atom is 0.229 e. The Morgan fingerprint density at radius 3 is 2.71 bits per heavy atom. The second-order valence-electron chi connectivity index (χ2n) is 6.33. The number of ether oxygens (including phenoxy) is 1. The van der Waals surface area contributed by atoms with Gasteiger partial charge in [-0.15, -0.1) is 0 Å². The van der Waals surface area contributed by atoms with E-state index in [1.54, 1.807) is 24.3 Å². The Morgan fingerprint density at radius 1 is 1.32 bits per heavy atom. The van der Waals surface area contributed by atoms with E-state index in [2.05, 4.69) is 14.7 Å². The lowest BCUT2D eigenvalue weighted by Crippen LogP contribution is -2.20. The van der Waals surface area contributed by atoms with Crippen LogP contribution in [-0.4, -0.2) is 48.2 Å². The Morgan fingerprint density at radius 2 is 2.04 bits per heavy atom. The molecule has 0 amide bonds. The number of benzene rings is 2. The third-order valence-electron chi connectivity index (χ3n) is 3.75. The van der Waals surface area contributed by atoms with Gasteiger partial charge in [0.1, 0.15) is 12.4 Å². The number of hydrogen-bond acceptors (Lipinski definition) is 6. The quantitative estimate of drug-likeness (QED) is 0.462. The van der Waals surface area contributed by atoms with Crippen molar-refractivity contribution in [3.63, 3.8) is 0 Å². The van der Waals surface area contributed by atoms with E-state index in [9.17, 15) is 13.5 Å². The summed E-state index contributed by atoms with van der Waals surface area (Å²) in [7, 11) is -3.31. The SMILES string of the molecule is Cc1cc2[nH]c(SCC(O)COc3ccc(NS(C)(=O)=O)cc3)nc2cc1Cl. The molecule has 10 heteroatoms. The fourth-order valence-electron chi connectivity index (χ4n) is 2.43. The molecule has 0 spiro atoms. The Hall–Kier alpha value is -1.94. The summed E-state index contributed by atoms with van der Waals surface area (Å²) in [5, 5.41) is 11.5. The number of imidazole rings is 1. The number of nitrogens with one attached hydrogen (secondary N) is 2. The molecule has 0 aliphatic heterocycles. The molecule has 1 atom stereocenters. The lowest BCUT2D eigenvalue weighted by Gasteiger charge is -2.12. The van der Waals surface area contributed by atoms with Crippen molar-refractivity contribution in [2.45, 2.75) is 18.2 Å². The summed E-state index contributed by atoms with van der Waals surface area (Å²) in [6, 6.07) is 10.2. The van der Waals surface area contributed by atoms with Crippen LogP contribution in [0.5, 0.6) is 5.75 Å². The molecule has 28 heavy (non-hydrogen) atoms. The van der Waals surface area contributed by atoms with Gasteiger partial charge in [-0.05, 0) is 48.9 Å². The van der Waals surface area contributed by atoms with Crippen LogP contribution < -0.4 is 9.46 Å². The van der Waals surface area contributed by atoms with Crippen LogP contribution in [0.3, 0.4) is 0 Å². The van der Waals surface area contributed by atoms with Crippen molar-refractivity contribution in [3.8, 4) is 5.75 Å². The molecule has 2 aromatic carbocycles. The van der Waals surface area contributed by atoms with Gasteiger partial charge in [-0.1, -0.05) is 23.4 Å². The maximum absolute atomic E-state index is 11.2. The maximum atomic E-state index is 11.2. The smallest absolute Gasteiger partial charge is 0.229 e. The van der Waals surface area contributed by atoms with E-state index >= 15 is 0 Å². The van der Waals surface area contributed by atoms with Gasteiger partial charge in [0, 0.05) is 16.5 Å². The van der Waals surface area contributed by atoms with Crippen LogP contribution in [0.25, 0.3) is 11.0 Å². The van der Waals surface area contributed by atoms with Gasteiger partial charge in [0.15, 0.2) is 5.16 Å². The number of aryl methyl sites for hydroxylation is 1. The van der Waals surface area contributed by atoms with Crippen LogP contribution >= 0.6 is 23.4 Å². The monoisotopic (exact) mass is 441 g/mol. The Bertz CT molecular complexity index is 1030. The molecule has 1 heterocycles. The van der Waals surface area contributed by atoms with Gasteiger partial charge in [0.05, 0.1) is 23.4 Å². The minimum absolute atomic E-state index is 0.108. The molecule has 0 radical (unpaired) electrons. The van der Waals surface area contributed by atoms with Crippen LogP contribution in [-0.2, 0) is 10.0 Å². The lowest BCUT2D eigenvalue weighted by atomic mass is 10.2. The summed E-state index contributed by atoms with van der Waals surface area (Å²) in [6.07, 6.45) is 0.390. The highest BCUT2D eigenvalue weighted by atomic mass is 35.5. The summed E-state index contributed by atoms with van der Waals surface area (Å²) in [4.78, 5) is 7.66. The van der Waals surface area contributed by atoms with Crippen molar-refractivity contribution in [2.24, 2.45) is 0 Å². The van der Waals surface area contributed by atoms with Crippen molar-refractivity contribution in [1.82, 2.24) is 9.97 Å². The number of aromatic nitrogens is 2.